The zero-order valence-electron chi connectivity index (χ0n) is 24.4. The first-order valence-electron chi connectivity index (χ1n) is 15.0. The second kappa shape index (κ2) is 13.9. The van der Waals surface area contributed by atoms with E-state index in [1.165, 1.54) is 16.7 Å². The highest BCUT2D eigenvalue weighted by Gasteiger charge is 2.44. The summed E-state index contributed by atoms with van der Waals surface area (Å²) in [6, 6.07) is 31.9. The molecule has 0 radical (unpaired) electrons. The maximum atomic E-state index is 12.8. The van der Waals surface area contributed by atoms with Gasteiger partial charge < -0.3 is 14.7 Å². The van der Waals surface area contributed by atoms with Gasteiger partial charge in [-0.15, -0.1) is 0 Å². The van der Waals surface area contributed by atoms with Crippen LogP contribution >= 0.6 is 0 Å². The van der Waals surface area contributed by atoms with E-state index in [-0.39, 0.29) is 18.3 Å². The molecule has 1 unspecified atom stereocenters. The van der Waals surface area contributed by atoms with Crippen LogP contribution < -0.4 is 0 Å². The van der Waals surface area contributed by atoms with E-state index >= 15 is 0 Å². The number of aliphatic hydroxyl groups excluding tert-OH is 1. The average molecular weight is 568 g/mol. The van der Waals surface area contributed by atoms with E-state index in [1.54, 1.807) is 11.8 Å². The van der Waals surface area contributed by atoms with Crippen molar-refractivity contribution in [1.29, 1.82) is 0 Å². The number of aliphatic hydroxyl groups is 1. The third-order valence-electron chi connectivity index (χ3n) is 8.42. The van der Waals surface area contributed by atoms with Gasteiger partial charge in [-0.1, -0.05) is 97.1 Å². The molecular formula is C35H41N3O4. The number of nitrogens with zero attached hydrogens (tertiary/aromatic N) is 3. The molecule has 2 heterocycles. The minimum Gasteiger partial charge on any atom is -0.466 e. The molecule has 2 aliphatic rings. The second-order valence-electron chi connectivity index (χ2n) is 11.0. The van der Waals surface area contributed by atoms with Crippen molar-refractivity contribution in [2.75, 3.05) is 52.4 Å². The van der Waals surface area contributed by atoms with Gasteiger partial charge in [0.15, 0.2) is 0 Å². The molecule has 0 saturated carbocycles. The highest BCUT2D eigenvalue weighted by atomic mass is 16.5. The third-order valence-corrected chi connectivity index (χ3v) is 8.42. The summed E-state index contributed by atoms with van der Waals surface area (Å²) in [6.07, 6.45) is 2.44. The number of rotatable bonds is 10. The summed E-state index contributed by atoms with van der Waals surface area (Å²) < 4.78 is 5.00. The summed E-state index contributed by atoms with van der Waals surface area (Å²) in [5.74, 6) is -0.253. The predicted molar refractivity (Wildman–Crippen MR) is 164 cm³/mol. The molecule has 42 heavy (non-hydrogen) atoms. The van der Waals surface area contributed by atoms with Crippen molar-refractivity contribution in [3.8, 4) is 0 Å². The molecule has 0 aliphatic carbocycles. The number of hydrogen-bond acceptors (Lipinski definition) is 6. The molecule has 0 aromatic heterocycles. The number of benzene rings is 3. The van der Waals surface area contributed by atoms with Crippen molar-refractivity contribution >= 4 is 11.9 Å². The summed E-state index contributed by atoms with van der Waals surface area (Å²) in [5.41, 5.74) is 3.99. The van der Waals surface area contributed by atoms with Crippen LogP contribution in [0.25, 0.3) is 0 Å². The summed E-state index contributed by atoms with van der Waals surface area (Å²) in [7, 11) is 0. The fraction of sp³-hybridized carbons (Fsp3) is 0.371. The topological polar surface area (TPSA) is 73.3 Å². The van der Waals surface area contributed by atoms with E-state index in [2.05, 4.69) is 88.7 Å². The first kappa shape index (κ1) is 29.7. The largest absolute Gasteiger partial charge is 0.466 e. The van der Waals surface area contributed by atoms with Crippen molar-refractivity contribution in [3.63, 3.8) is 0 Å². The van der Waals surface area contributed by atoms with Crippen molar-refractivity contribution in [3.05, 3.63) is 119 Å². The van der Waals surface area contributed by atoms with Gasteiger partial charge in [-0.05, 0) is 35.6 Å². The van der Waals surface area contributed by atoms with E-state index < -0.39 is 11.6 Å². The Kier molecular flexibility index (Phi) is 9.85. The van der Waals surface area contributed by atoms with Crippen LogP contribution in [0.4, 0.5) is 0 Å². The molecule has 2 aliphatic heterocycles. The van der Waals surface area contributed by atoms with Crippen LogP contribution in [0, 0.1) is 0 Å². The molecule has 1 amide bonds. The minimum atomic E-state index is -0.538. The number of piperazine rings is 1. The van der Waals surface area contributed by atoms with E-state index in [4.69, 9.17) is 4.74 Å². The monoisotopic (exact) mass is 567 g/mol. The van der Waals surface area contributed by atoms with E-state index in [0.29, 0.717) is 45.8 Å². The molecule has 7 heteroatoms. The first-order valence-corrected chi connectivity index (χ1v) is 15.0. The highest BCUT2D eigenvalue weighted by Crippen LogP contribution is 2.44. The van der Waals surface area contributed by atoms with E-state index in [1.807, 2.05) is 18.2 Å². The molecule has 2 fully saturated rings. The van der Waals surface area contributed by atoms with Gasteiger partial charge in [0.2, 0.25) is 5.91 Å². The van der Waals surface area contributed by atoms with Crippen LogP contribution in [0.2, 0.25) is 0 Å². The average Bonchev–Trinajstić information content (AvgIpc) is 3.03. The predicted octanol–water partition coefficient (Wildman–Crippen LogP) is 4.07. The number of esters is 1. The number of carbonyl (C=O) groups is 2. The number of amides is 1. The number of likely N-dealkylation sites (tertiary alicyclic amines) is 1. The smallest absolute Gasteiger partial charge is 0.307 e. The summed E-state index contributed by atoms with van der Waals surface area (Å²) in [5, 5.41) is 11.1. The first-order chi connectivity index (χ1) is 20.5. The zero-order chi connectivity index (χ0) is 29.4. The Bertz CT molecular complexity index is 1250. The molecule has 5 rings (SSSR count). The van der Waals surface area contributed by atoms with Gasteiger partial charge in [0.05, 0.1) is 31.2 Å². The zero-order valence-corrected chi connectivity index (χ0v) is 24.4. The van der Waals surface area contributed by atoms with E-state index in [9.17, 15) is 14.7 Å². The lowest BCUT2D eigenvalue weighted by Gasteiger charge is -2.48. The van der Waals surface area contributed by atoms with Gasteiger partial charge in [-0.25, -0.2) is 0 Å². The molecule has 0 bridgehead atoms. The molecule has 2 saturated heterocycles. The summed E-state index contributed by atoms with van der Waals surface area (Å²) in [6.45, 7) is 6.05. The number of ether oxygens (including phenoxy) is 1. The number of carbonyl (C=O) groups excluding carboxylic acids is 2. The molecule has 7 nitrogen and oxygen atoms in total. The van der Waals surface area contributed by atoms with Gasteiger partial charge in [-0.3, -0.25) is 19.4 Å². The Balaban J connectivity index is 1.38. The fourth-order valence-corrected chi connectivity index (χ4v) is 6.30. The van der Waals surface area contributed by atoms with Gasteiger partial charge >= 0.3 is 5.97 Å². The maximum absolute atomic E-state index is 12.8. The Labute approximate surface area is 249 Å². The number of piperidine rings is 1. The van der Waals surface area contributed by atoms with Crippen LogP contribution in [0.1, 0.15) is 36.5 Å². The molecule has 220 valence electrons. The van der Waals surface area contributed by atoms with Crippen LogP contribution in [0.15, 0.2) is 103 Å². The van der Waals surface area contributed by atoms with Crippen molar-refractivity contribution < 1.29 is 19.4 Å². The van der Waals surface area contributed by atoms with Crippen molar-refractivity contribution in [2.45, 2.75) is 31.4 Å². The Hall–Kier alpha value is -3.78. The Morgan fingerprint density at radius 2 is 1.45 bits per heavy atom. The lowest BCUT2D eigenvalue weighted by atomic mass is 9.74. The Morgan fingerprint density at radius 3 is 1.98 bits per heavy atom. The minimum absolute atomic E-state index is 0.0195. The quantitative estimate of drug-likeness (QED) is 0.226. The van der Waals surface area contributed by atoms with E-state index in [0.717, 1.165) is 18.7 Å². The Morgan fingerprint density at radius 1 is 0.881 bits per heavy atom. The van der Waals surface area contributed by atoms with Gasteiger partial charge in [0.1, 0.15) is 0 Å². The third kappa shape index (κ3) is 6.49. The SMILES string of the molecule is CCOC(=O)CCN1CCN(C/C=C2\CN(C(c3ccccc3)(c3ccccc3)c3ccccc3)CCC2O)CC1=O. The van der Waals surface area contributed by atoms with Gasteiger partial charge in [0, 0.05) is 39.3 Å². The van der Waals surface area contributed by atoms with Crippen LogP contribution in [-0.4, -0.2) is 90.2 Å². The second-order valence-corrected chi connectivity index (χ2v) is 11.0. The standard InChI is InChI=1S/C35H41N3O4/c1-2-42-34(41)20-22-37-25-24-36(27-33(37)40)21-18-28-26-38(23-19-32(28)39)35(29-12-6-3-7-13-29,30-14-8-4-9-15-30)31-16-10-5-11-17-31/h3-18,32,39H,2,19-27H2,1H3/b28-18+. The fourth-order valence-electron chi connectivity index (χ4n) is 6.30. The lowest BCUT2D eigenvalue weighted by Crippen LogP contribution is -2.53. The molecule has 1 atom stereocenters. The summed E-state index contributed by atoms with van der Waals surface area (Å²) >= 11 is 0. The van der Waals surface area contributed by atoms with Crippen LogP contribution in [0.3, 0.4) is 0 Å². The van der Waals surface area contributed by atoms with Gasteiger partial charge in [0.25, 0.3) is 0 Å². The van der Waals surface area contributed by atoms with Crippen LogP contribution in [0.5, 0.6) is 0 Å². The lowest BCUT2D eigenvalue weighted by molar-refractivity contribution is -0.144. The maximum Gasteiger partial charge on any atom is 0.307 e. The molecule has 0 spiro atoms. The molecular weight excluding hydrogens is 526 g/mol. The number of hydrogen-bond donors (Lipinski definition) is 1. The van der Waals surface area contributed by atoms with Gasteiger partial charge in [-0.2, -0.15) is 0 Å². The molecule has 3 aromatic rings. The normalized spacial score (nSPS) is 19.7. The molecule has 1 N–H and O–H groups in total. The molecule has 3 aromatic carbocycles. The summed E-state index contributed by atoms with van der Waals surface area (Å²) in [4.78, 5) is 30.9. The highest BCUT2D eigenvalue weighted by molar-refractivity contribution is 5.79. The van der Waals surface area contributed by atoms with Crippen LogP contribution in [-0.2, 0) is 19.9 Å². The van der Waals surface area contributed by atoms with Crippen molar-refractivity contribution in [2.24, 2.45) is 0 Å². The van der Waals surface area contributed by atoms with Crippen molar-refractivity contribution in [1.82, 2.24) is 14.7 Å².